The maximum absolute atomic E-state index is 12.9. The summed E-state index contributed by atoms with van der Waals surface area (Å²) in [5.41, 5.74) is -1.72. The molecular weight excluding hydrogens is 384 g/mol. The minimum atomic E-state index is -1.61. The van der Waals surface area contributed by atoms with Gasteiger partial charge >= 0.3 is 5.97 Å². The molecule has 2 N–H and O–H groups in total. The van der Waals surface area contributed by atoms with Gasteiger partial charge in [0.1, 0.15) is 5.60 Å². The molecule has 0 radical (unpaired) electrons. The molecule has 6 heteroatoms. The summed E-state index contributed by atoms with van der Waals surface area (Å²) in [6, 6.07) is 0. The van der Waals surface area contributed by atoms with E-state index in [0.29, 0.717) is 19.3 Å². The zero-order chi connectivity index (χ0) is 22.1. The first-order chi connectivity index (χ1) is 13.9. The van der Waals surface area contributed by atoms with Gasteiger partial charge in [-0.05, 0) is 55.6 Å². The number of allylic oxidation sites excluding steroid dienone is 4. The lowest BCUT2D eigenvalue weighted by Crippen LogP contribution is -2.62. The fraction of sp³-hybridized carbons (Fsp3) is 0.708. The lowest BCUT2D eigenvalue weighted by Gasteiger charge is -2.60. The Labute approximate surface area is 177 Å². The van der Waals surface area contributed by atoms with Crippen molar-refractivity contribution in [3.63, 3.8) is 0 Å². The van der Waals surface area contributed by atoms with Crippen molar-refractivity contribution in [3.8, 4) is 0 Å². The molecule has 3 fully saturated rings. The van der Waals surface area contributed by atoms with Crippen LogP contribution in [0.3, 0.4) is 0 Å². The van der Waals surface area contributed by atoms with E-state index >= 15 is 0 Å². The SMILES string of the molecule is CC(=O)OCC(=O)[C@@]1(O)CC[C@H]2C3C[C@H](C)C4=CC(=O)C=CC4(C)[C@H]3[C@@H](O)CC21C. The summed E-state index contributed by atoms with van der Waals surface area (Å²) in [6.07, 6.45) is 6.71. The molecule has 3 saturated carbocycles. The molecule has 4 aliphatic carbocycles. The van der Waals surface area contributed by atoms with Crippen LogP contribution in [0.5, 0.6) is 0 Å². The second-order valence-electron chi connectivity index (χ2n) is 10.3. The number of rotatable bonds is 3. The third kappa shape index (κ3) is 2.79. The third-order valence-corrected chi connectivity index (χ3v) is 8.84. The minimum absolute atomic E-state index is 0.00535. The fourth-order valence-electron chi connectivity index (χ4n) is 7.50. The Kier molecular flexibility index (Phi) is 4.90. The van der Waals surface area contributed by atoms with Crippen LogP contribution < -0.4 is 0 Å². The Balaban J connectivity index is 1.70. The summed E-state index contributed by atoms with van der Waals surface area (Å²) in [6.45, 7) is 6.94. The van der Waals surface area contributed by atoms with E-state index in [1.54, 1.807) is 12.2 Å². The van der Waals surface area contributed by atoms with Crippen LogP contribution in [0.25, 0.3) is 0 Å². The molecular formula is C24H32O6. The van der Waals surface area contributed by atoms with Gasteiger partial charge in [-0.1, -0.05) is 32.4 Å². The van der Waals surface area contributed by atoms with Crippen molar-refractivity contribution in [2.45, 2.75) is 65.1 Å². The first-order valence-electron chi connectivity index (χ1n) is 11.0. The quantitative estimate of drug-likeness (QED) is 0.685. The molecule has 0 aromatic carbocycles. The minimum Gasteiger partial charge on any atom is -0.458 e. The van der Waals surface area contributed by atoms with E-state index in [1.165, 1.54) is 6.92 Å². The van der Waals surface area contributed by atoms with Crippen molar-refractivity contribution < 1.29 is 29.3 Å². The first kappa shape index (κ1) is 21.4. The standard InChI is InChI=1S/C24H32O6/c1-13-9-16-17-6-8-24(29,20(28)12-30-14(2)25)23(17,4)11-19(27)21(16)22(3)7-5-15(26)10-18(13)22/h5,7,10,13,16-17,19,21,27,29H,6,8-9,11-12H2,1-4H3/t13-,16?,17-,19-,21+,22?,23?,24-/m0/s1. The average Bonchev–Trinajstić information content (AvgIpc) is 2.93. The molecule has 0 aromatic heterocycles. The molecule has 3 unspecified atom stereocenters. The largest absolute Gasteiger partial charge is 0.458 e. The van der Waals surface area contributed by atoms with Gasteiger partial charge in [0.15, 0.2) is 12.4 Å². The molecule has 0 heterocycles. The lowest BCUT2D eigenvalue weighted by atomic mass is 9.45. The molecule has 0 amide bonds. The molecule has 0 saturated heterocycles. The second kappa shape index (κ2) is 6.86. The van der Waals surface area contributed by atoms with Crippen molar-refractivity contribution in [1.29, 1.82) is 0 Å². The highest BCUT2D eigenvalue weighted by Gasteiger charge is 2.68. The maximum Gasteiger partial charge on any atom is 0.303 e. The van der Waals surface area contributed by atoms with Gasteiger partial charge in [-0.2, -0.15) is 0 Å². The molecule has 4 aliphatic rings. The topological polar surface area (TPSA) is 101 Å². The number of carbonyl (C=O) groups excluding carboxylic acids is 3. The summed E-state index contributed by atoms with van der Waals surface area (Å²) in [7, 11) is 0. The number of ketones is 2. The van der Waals surface area contributed by atoms with Gasteiger partial charge in [-0.3, -0.25) is 14.4 Å². The van der Waals surface area contributed by atoms with E-state index in [0.717, 1.165) is 12.0 Å². The number of hydrogen-bond acceptors (Lipinski definition) is 6. The monoisotopic (exact) mass is 416 g/mol. The third-order valence-electron chi connectivity index (χ3n) is 8.84. The number of aliphatic hydroxyl groups excluding tert-OH is 1. The van der Waals surface area contributed by atoms with Crippen LogP contribution in [-0.2, 0) is 19.1 Å². The van der Waals surface area contributed by atoms with Crippen LogP contribution in [0, 0.1) is 34.5 Å². The zero-order valence-corrected chi connectivity index (χ0v) is 18.2. The van der Waals surface area contributed by atoms with Gasteiger partial charge in [0.25, 0.3) is 0 Å². The molecule has 8 atom stereocenters. The van der Waals surface area contributed by atoms with Crippen LogP contribution in [0.2, 0.25) is 0 Å². The van der Waals surface area contributed by atoms with Crippen molar-refractivity contribution in [3.05, 3.63) is 23.8 Å². The van der Waals surface area contributed by atoms with Crippen molar-refractivity contribution in [2.24, 2.45) is 34.5 Å². The lowest BCUT2D eigenvalue weighted by molar-refractivity contribution is -0.182. The highest BCUT2D eigenvalue weighted by Crippen LogP contribution is 2.67. The molecule has 6 nitrogen and oxygen atoms in total. The van der Waals surface area contributed by atoms with E-state index in [9.17, 15) is 24.6 Å². The number of esters is 1. The highest BCUT2D eigenvalue weighted by molar-refractivity contribution is 6.01. The van der Waals surface area contributed by atoms with Gasteiger partial charge < -0.3 is 14.9 Å². The predicted octanol–water partition coefficient (Wildman–Crippen LogP) is 2.37. The van der Waals surface area contributed by atoms with Crippen molar-refractivity contribution in [1.82, 2.24) is 0 Å². The van der Waals surface area contributed by atoms with Crippen LogP contribution >= 0.6 is 0 Å². The highest BCUT2D eigenvalue weighted by atomic mass is 16.5. The Morgan fingerprint density at radius 3 is 2.67 bits per heavy atom. The van der Waals surface area contributed by atoms with E-state index in [2.05, 4.69) is 13.8 Å². The first-order valence-corrected chi connectivity index (χ1v) is 11.0. The van der Waals surface area contributed by atoms with Crippen molar-refractivity contribution >= 4 is 17.5 Å². The molecule has 4 rings (SSSR count). The van der Waals surface area contributed by atoms with Gasteiger partial charge in [-0.15, -0.1) is 0 Å². The van der Waals surface area contributed by atoms with Crippen molar-refractivity contribution in [2.75, 3.05) is 6.61 Å². The summed E-state index contributed by atoms with van der Waals surface area (Å²) in [5, 5.41) is 22.9. The van der Waals surface area contributed by atoms with Crippen LogP contribution in [0.15, 0.2) is 23.8 Å². The summed E-state index contributed by atoms with van der Waals surface area (Å²) in [5.74, 6) is -0.712. The average molecular weight is 417 g/mol. The number of Topliss-reactive ketones (excluding diaryl/α,β-unsaturated/α-hetero) is 1. The predicted molar refractivity (Wildman–Crippen MR) is 109 cm³/mol. The van der Waals surface area contributed by atoms with Gasteiger partial charge in [0.05, 0.1) is 6.10 Å². The van der Waals surface area contributed by atoms with E-state index < -0.39 is 40.9 Å². The van der Waals surface area contributed by atoms with E-state index in [1.807, 2.05) is 13.0 Å². The molecule has 0 bridgehead atoms. The van der Waals surface area contributed by atoms with Crippen LogP contribution in [0.4, 0.5) is 0 Å². The Morgan fingerprint density at radius 1 is 1.30 bits per heavy atom. The fourth-order valence-corrected chi connectivity index (χ4v) is 7.50. The number of hydrogen-bond donors (Lipinski definition) is 2. The summed E-state index contributed by atoms with van der Waals surface area (Å²) >= 11 is 0. The summed E-state index contributed by atoms with van der Waals surface area (Å²) < 4.78 is 4.89. The zero-order valence-electron chi connectivity index (χ0n) is 18.2. The molecule has 0 aliphatic heterocycles. The summed E-state index contributed by atoms with van der Waals surface area (Å²) in [4.78, 5) is 36.1. The molecule has 30 heavy (non-hydrogen) atoms. The van der Waals surface area contributed by atoms with Gasteiger partial charge in [-0.25, -0.2) is 0 Å². The van der Waals surface area contributed by atoms with E-state index in [-0.39, 0.29) is 29.5 Å². The van der Waals surface area contributed by atoms with Crippen LogP contribution in [-0.4, -0.2) is 46.1 Å². The Morgan fingerprint density at radius 2 is 2.00 bits per heavy atom. The van der Waals surface area contributed by atoms with E-state index in [4.69, 9.17) is 4.74 Å². The number of aliphatic hydroxyl groups is 2. The number of carbonyl (C=O) groups is 3. The maximum atomic E-state index is 12.9. The molecule has 0 spiro atoms. The van der Waals surface area contributed by atoms with Gasteiger partial charge in [0, 0.05) is 23.7 Å². The smallest absolute Gasteiger partial charge is 0.303 e. The van der Waals surface area contributed by atoms with Gasteiger partial charge in [0.2, 0.25) is 5.78 Å². The number of ether oxygens (including phenoxy) is 1. The Bertz CT molecular complexity index is 858. The second-order valence-corrected chi connectivity index (χ2v) is 10.3. The normalized spacial score (nSPS) is 47.1. The van der Waals surface area contributed by atoms with Crippen LogP contribution in [0.1, 0.15) is 53.4 Å². The Hall–Kier alpha value is -1.79. The number of fused-ring (bicyclic) bond motifs is 5. The molecule has 0 aromatic rings. The molecule has 164 valence electrons.